The van der Waals surface area contributed by atoms with Crippen molar-refractivity contribution in [2.45, 2.75) is 119 Å². The minimum absolute atomic E-state index is 0.0514. The largest absolute Gasteiger partial charge is 0.462 e. The minimum Gasteiger partial charge on any atom is -0.462 e. The van der Waals surface area contributed by atoms with Crippen LogP contribution in [0.4, 0.5) is 0 Å². The van der Waals surface area contributed by atoms with Gasteiger partial charge in [0.2, 0.25) is 0 Å². The number of hydrogen-bond donors (Lipinski definition) is 0. The SMILES string of the molecule is CC[C@H](CC[C@@H](C)[C@H]1CC[C@H]2[C@@H]3C(=O)C=C4C[C@@H](OC(C)=O)CC[C@]4(C)[C@H]3CC[C@]12C)C(C)C. The molecule has 3 saturated carbocycles. The van der Waals surface area contributed by atoms with Crippen molar-refractivity contribution in [3.63, 3.8) is 0 Å². The van der Waals surface area contributed by atoms with Gasteiger partial charge in [-0.1, -0.05) is 60.0 Å². The Morgan fingerprint density at radius 3 is 2.44 bits per heavy atom. The Morgan fingerprint density at radius 1 is 1.06 bits per heavy atom. The second-order valence-electron chi connectivity index (χ2n) is 13.4. The van der Waals surface area contributed by atoms with E-state index in [4.69, 9.17) is 4.74 Å². The molecule has 0 aromatic rings. The van der Waals surface area contributed by atoms with Gasteiger partial charge in [-0.3, -0.25) is 9.59 Å². The molecule has 0 aromatic heterocycles. The van der Waals surface area contributed by atoms with Crippen LogP contribution in [-0.2, 0) is 14.3 Å². The normalized spacial score (nSPS) is 41.2. The molecule has 4 aliphatic rings. The van der Waals surface area contributed by atoms with Gasteiger partial charge in [0.25, 0.3) is 0 Å². The molecule has 3 heteroatoms. The van der Waals surface area contributed by atoms with E-state index in [0.717, 1.165) is 42.9 Å². The van der Waals surface area contributed by atoms with Crippen LogP contribution in [0.15, 0.2) is 11.6 Å². The molecule has 3 fully saturated rings. The molecule has 0 aromatic carbocycles. The van der Waals surface area contributed by atoms with Crippen LogP contribution in [0, 0.1) is 52.3 Å². The Kier molecular flexibility index (Phi) is 7.43. The Labute approximate surface area is 208 Å². The van der Waals surface area contributed by atoms with E-state index in [2.05, 4.69) is 41.5 Å². The molecule has 9 atom stereocenters. The highest BCUT2D eigenvalue weighted by molar-refractivity contribution is 5.94. The van der Waals surface area contributed by atoms with Crippen molar-refractivity contribution in [1.29, 1.82) is 0 Å². The summed E-state index contributed by atoms with van der Waals surface area (Å²) in [6.45, 7) is 16.1. The lowest BCUT2D eigenvalue weighted by Gasteiger charge is -2.57. The topological polar surface area (TPSA) is 43.4 Å². The molecule has 34 heavy (non-hydrogen) atoms. The van der Waals surface area contributed by atoms with Crippen LogP contribution >= 0.6 is 0 Å². The number of allylic oxidation sites excluding steroid dienone is 1. The van der Waals surface area contributed by atoms with E-state index >= 15 is 0 Å². The Morgan fingerprint density at radius 2 is 1.79 bits per heavy atom. The fourth-order valence-electron chi connectivity index (χ4n) is 9.37. The second kappa shape index (κ2) is 9.74. The van der Waals surface area contributed by atoms with Crippen LogP contribution in [0.2, 0.25) is 0 Å². The van der Waals surface area contributed by atoms with Gasteiger partial charge >= 0.3 is 5.97 Å². The quantitative estimate of drug-likeness (QED) is 0.357. The van der Waals surface area contributed by atoms with Crippen LogP contribution in [0.1, 0.15) is 113 Å². The van der Waals surface area contributed by atoms with Gasteiger partial charge in [0.15, 0.2) is 5.78 Å². The predicted octanol–water partition coefficient (Wildman–Crippen LogP) is 7.77. The van der Waals surface area contributed by atoms with Crippen LogP contribution in [0.5, 0.6) is 0 Å². The molecule has 4 aliphatic carbocycles. The summed E-state index contributed by atoms with van der Waals surface area (Å²) in [5.74, 6) is 4.52. The number of carbonyl (C=O) groups excluding carboxylic acids is 2. The number of carbonyl (C=O) groups is 2. The molecule has 0 spiro atoms. The average Bonchev–Trinajstić information content (AvgIpc) is 3.11. The van der Waals surface area contributed by atoms with Gasteiger partial charge in [-0.15, -0.1) is 0 Å². The third kappa shape index (κ3) is 4.43. The summed E-state index contributed by atoms with van der Waals surface area (Å²) in [6, 6.07) is 0. The second-order valence-corrected chi connectivity index (χ2v) is 13.4. The van der Waals surface area contributed by atoms with Gasteiger partial charge < -0.3 is 4.74 Å². The zero-order chi connectivity index (χ0) is 24.8. The maximum atomic E-state index is 13.7. The summed E-state index contributed by atoms with van der Waals surface area (Å²) < 4.78 is 5.55. The monoisotopic (exact) mass is 470 g/mol. The summed E-state index contributed by atoms with van der Waals surface area (Å²) in [7, 11) is 0. The van der Waals surface area contributed by atoms with Crippen LogP contribution in [0.3, 0.4) is 0 Å². The van der Waals surface area contributed by atoms with E-state index < -0.39 is 0 Å². The van der Waals surface area contributed by atoms with Gasteiger partial charge in [0.1, 0.15) is 6.10 Å². The third-order valence-electron chi connectivity index (χ3n) is 11.5. The van der Waals surface area contributed by atoms with Crippen molar-refractivity contribution < 1.29 is 14.3 Å². The molecule has 0 amide bonds. The lowest BCUT2D eigenvalue weighted by atomic mass is 9.46. The number of rotatable bonds is 7. The van der Waals surface area contributed by atoms with Crippen molar-refractivity contribution in [1.82, 2.24) is 0 Å². The molecule has 0 saturated heterocycles. The van der Waals surface area contributed by atoms with Crippen molar-refractivity contribution >= 4 is 11.8 Å². The lowest BCUT2D eigenvalue weighted by molar-refractivity contribution is -0.149. The zero-order valence-corrected chi connectivity index (χ0v) is 23.0. The van der Waals surface area contributed by atoms with Crippen molar-refractivity contribution in [3.05, 3.63) is 11.6 Å². The molecule has 0 bridgehead atoms. The number of esters is 1. The molecule has 0 heterocycles. The zero-order valence-electron chi connectivity index (χ0n) is 23.0. The van der Waals surface area contributed by atoms with E-state index in [1.165, 1.54) is 57.4 Å². The smallest absolute Gasteiger partial charge is 0.302 e. The van der Waals surface area contributed by atoms with Crippen molar-refractivity contribution in [3.8, 4) is 0 Å². The first kappa shape index (κ1) is 26.0. The summed E-state index contributed by atoms with van der Waals surface area (Å²) in [4.78, 5) is 25.2. The fourth-order valence-corrected chi connectivity index (χ4v) is 9.37. The molecule has 4 rings (SSSR count). The molecule has 0 radical (unpaired) electrons. The first-order valence-corrected chi connectivity index (χ1v) is 14.4. The van der Waals surface area contributed by atoms with Gasteiger partial charge in [-0.2, -0.15) is 0 Å². The highest BCUT2D eigenvalue weighted by atomic mass is 16.5. The van der Waals surface area contributed by atoms with Gasteiger partial charge in [-0.05, 0) is 97.4 Å². The Balaban J connectivity index is 1.51. The third-order valence-corrected chi connectivity index (χ3v) is 11.5. The van der Waals surface area contributed by atoms with E-state index in [-0.39, 0.29) is 23.4 Å². The maximum Gasteiger partial charge on any atom is 0.302 e. The van der Waals surface area contributed by atoms with Crippen molar-refractivity contribution in [2.24, 2.45) is 52.3 Å². The van der Waals surface area contributed by atoms with E-state index in [0.29, 0.717) is 23.0 Å². The number of ether oxygens (including phenoxy) is 1. The summed E-state index contributed by atoms with van der Waals surface area (Å²) in [5.41, 5.74) is 1.68. The number of hydrogen-bond acceptors (Lipinski definition) is 3. The predicted molar refractivity (Wildman–Crippen MR) is 138 cm³/mol. The highest BCUT2D eigenvalue weighted by Crippen LogP contribution is 2.66. The van der Waals surface area contributed by atoms with Crippen molar-refractivity contribution in [2.75, 3.05) is 0 Å². The van der Waals surface area contributed by atoms with Gasteiger partial charge in [0, 0.05) is 19.3 Å². The molecule has 192 valence electrons. The van der Waals surface area contributed by atoms with E-state index in [1.54, 1.807) is 0 Å². The number of fused-ring (bicyclic) bond motifs is 5. The Hall–Kier alpha value is -1.12. The first-order valence-electron chi connectivity index (χ1n) is 14.4. The summed E-state index contributed by atoms with van der Waals surface area (Å²) >= 11 is 0. The summed E-state index contributed by atoms with van der Waals surface area (Å²) in [5, 5.41) is 0. The number of ketones is 1. The van der Waals surface area contributed by atoms with Crippen LogP contribution in [0.25, 0.3) is 0 Å². The van der Waals surface area contributed by atoms with Gasteiger partial charge in [-0.25, -0.2) is 0 Å². The molecule has 3 nitrogen and oxygen atoms in total. The van der Waals surface area contributed by atoms with E-state index in [9.17, 15) is 9.59 Å². The maximum absolute atomic E-state index is 13.7. The highest BCUT2D eigenvalue weighted by Gasteiger charge is 2.61. The molecule has 0 unspecified atom stereocenters. The first-order chi connectivity index (χ1) is 16.0. The molecule has 0 aliphatic heterocycles. The standard InChI is InChI=1S/C31H50O3/c1-8-22(19(2)3)10-9-20(4)25-11-12-26-29-27(14-16-31(25,26)7)30(6)15-13-24(34-21(5)32)17-23(30)18-28(29)33/h18-20,22,24-27,29H,8-17H2,1-7H3/t20-,22-,24+,25-,26+,27+,29+,30+,31-/m1/s1. The summed E-state index contributed by atoms with van der Waals surface area (Å²) in [6.07, 6.45) is 13.7. The molecule has 0 N–H and O–H groups in total. The van der Waals surface area contributed by atoms with Crippen LogP contribution < -0.4 is 0 Å². The van der Waals surface area contributed by atoms with E-state index in [1.807, 2.05) is 6.08 Å². The van der Waals surface area contributed by atoms with Crippen LogP contribution in [-0.4, -0.2) is 17.9 Å². The minimum atomic E-state index is -0.201. The lowest BCUT2D eigenvalue weighted by Crippen LogP contribution is -2.53. The molecular formula is C31H50O3. The average molecular weight is 471 g/mol. The fraction of sp³-hybridized carbons (Fsp3) is 0.871. The molecular weight excluding hydrogens is 420 g/mol. The Bertz CT molecular complexity index is 811. The van der Waals surface area contributed by atoms with Gasteiger partial charge in [0.05, 0.1) is 0 Å².